The smallest absolute Gasteiger partial charge is 0.289 e. The van der Waals surface area contributed by atoms with E-state index in [0.717, 1.165) is 38.7 Å². The molecular weight excluding hydrogens is 378 g/mol. The van der Waals surface area contributed by atoms with E-state index in [9.17, 15) is 4.79 Å². The van der Waals surface area contributed by atoms with Crippen molar-refractivity contribution in [2.24, 2.45) is 4.99 Å². The maximum atomic E-state index is 12.5. The Morgan fingerprint density at radius 2 is 1.83 bits per heavy atom. The summed E-state index contributed by atoms with van der Waals surface area (Å²) in [5.74, 6) is 1.26. The number of carbonyl (C=O) groups is 1. The Bertz CT molecular complexity index is 826. The van der Waals surface area contributed by atoms with E-state index in [1.165, 1.54) is 17.4 Å². The van der Waals surface area contributed by atoms with Gasteiger partial charge >= 0.3 is 0 Å². The normalized spacial score (nSPS) is 15.0. The average molecular weight is 412 g/mol. The third-order valence-electron chi connectivity index (χ3n) is 5.33. The lowest BCUT2D eigenvalue weighted by molar-refractivity contribution is 0.0657. The van der Waals surface area contributed by atoms with E-state index in [1.807, 2.05) is 4.90 Å². The van der Waals surface area contributed by atoms with Gasteiger partial charge in [-0.2, -0.15) is 0 Å². The van der Waals surface area contributed by atoms with Crippen LogP contribution in [0.1, 0.15) is 35.5 Å². The molecule has 1 aromatic carbocycles. The number of nitrogens with one attached hydrogen (secondary N) is 1. The molecule has 1 aliphatic rings. The monoisotopic (exact) mass is 411 g/mol. The molecule has 1 amide bonds. The van der Waals surface area contributed by atoms with E-state index in [-0.39, 0.29) is 5.91 Å². The Kier molecular flexibility index (Phi) is 7.90. The van der Waals surface area contributed by atoms with Crippen LogP contribution in [0.3, 0.4) is 0 Å². The summed E-state index contributed by atoms with van der Waals surface area (Å²) in [7, 11) is 2.13. The van der Waals surface area contributed by atoms with Crippen LogP contribution >= 0.6 is 0 Å². The van der Waals surface area contributed by atoms with Crippen LogP contribution < -0.4 is 5.32 Å². The quantitative estimate of drug-likeness (QED) is 0.561. The van der Waals surface area contributed by atoms with Crippen LogP contribution in [0.2, 0.25) is 0 Å². The van der Waals surface area contributed by atoms with Gasteiger partial charge < -0.3 is 24.4 Å². The fourth-order valence-electron chi connectivity index (χ4n) is 3.52. The average Bonchev–Trinajstić information content (AvgIpc) is 3.31. The fraction of sp³-hybridized carbons (Fsp3) is 0.478. The maximum absolute atomic E-state index is 12.5. The number of carbonyl (C=O) groups excluding carboxylic acids is 1. The number of piperazine rings is 1. The Hall–Kier alpha value is -2.80. The van der Waals surface area contributed by atoms with Gasteiger partial charge in [0.05, 0.1) is 12.8 Å². The third-order valence-corrected chi connectivity index (χ3v) is 5.33. The second-order valence-corrected chi connectivity index (χ2v) is 7.58. The molecule has 0 unspecified atom stereocenters. The fourth-order valence-corrected chi connectivity index (χ4v) is 3.52. The second-order valence-electron chi connectivity index (χ2n) is 7.58. The molecule has 3 rings (SSSR count). The molecule has 2 aromatic rings. The number of nitrogens with zero attached hydrogens (tertiary/aromatic N) is 4. The molecule has 2 heterocycles. The molecule has 1 aromatic heterocycles. The number of guanidine groups is 1. The van der Waals surface area contributed by atoms with Gasteiger partial charge in [0.2, 0.25) is 0 Å². The van der Waals surface area contributed by atoms with Crippen LogP contribution in [-0.2, 0) is 13.1 Å². The molecule has 1 fully saturated rings. The summed E-state index contributed by atoms with van der Waals surface area (Å²) >= 11 is 0. The molecule has 0 radical (unpaired) electrons. The van der Waals surface area contributed by atoms with E-state index in [1.54, 1.807) is 12.1 Å². The first-order valence-corrected chi connectivity index (χ1v) is 10.7. The van der Waals surface area contributed by atoms with Gasteiger partial charge in [-0.05, 0) is 43.8 Å². The maximum Gasteiger partial charge on any atom is 0.289 e. The van der Waals surface area contributed by atoms with Crippen molar-refractivity contribution < 1.29 is 9.21 Å². The van der Waals surface area contributed by atoms with E-state index in [0.29, 0.717) is 25.4 Å². The predicted octanol–water partition coefficient (Wildman–Crippen LogP) is 2.65. The lowest BCUT2D eigenvalue weighted by Crippen LogP contribution is -2.53. The van der Waals surface area contributed by atoms with Crippen LogP contribution in [0.5, 0.6) is 0 Å². The Morgan fingerprint density at radius 1 is 1.10 bits per heavy atom. The van der Waals surface area contributed by atoms with Gasteiger partial charge in [-0.15, -0.1) is 0 Å². The van der Waals surface area contributed by atoms with Crippen molar-refractivity contribution in [3.05, 3.63) is 59.5 Å². The van der Waals surface area contributed by atoms with E-state index < -0.39 is 0 Å². The van der Waals surface area contributed by atoms with Crippen LogP contribution in [0.4, 0.5) is 0 Å². The second kappa shape index (κ2) is 10.8. The van der Waals surface area contributed by atoms with Gasteiger partial charge in [0.15, 0.2) is 11.7 Å². The first kappa shape index (κ1) is 21.9. The lowest BCUT2D eigenvalue weighted by atomic mass is 10.1. The molecule has 0 spiro atoms. The highest BCUT2D eigenvalue weighted by Gasteiger charge is 2.25. The molecule has 162 valence electrons. The zero-order chi connectivity index (χ0) is 21.3. The van der Waals surface area contributed by atoms with Gasteiger partial charge in [0, 0.05) is 39.3 Å². The molecule has 0 aliphatic carbocycles. The molecule has 0 saturated carbocycles. The standard InChI is InChI=1S/C23H33N5O2/c1-4-24-23(25-17-19-8-6-9-20(16-19)18-26(3)5-2)28-13-11-27(12-14-28)22(29)21-10-7-15-30-21/h6-10,15-16H,4-5,11-14,17-18H2,1-3H3,(H,24,25). The number of hydrogen-bond donors (Lipinski definition) is 1. The SMILES string of the molecule is CCNC(=NCc1cccc(CN(C)CC)c1)N1CCN(C(=O)c2ccco2)CC1. The highest BCUT2D eigenvalue weighted by Crippen LogP contribution is 2.12. The molecular formula is C23H33N5O2. The van der Waals surface area contributed by atoms with Crippen molar-refractivity contribution in [2.75, 3.05) is 46.3 Å². The number of aliphatic imine (C=N–C) groups is 1. The summed E-state index contributed by atoms with van der Waals surface area (Å²) in [5, 5.41) is 3.40. The minimum Gasteiger partial charge on any atom is -0.459 e. The Balaban J connectivity index is 1.60. The van der Waals surface area contributed by atoms with Crippen LogP contribution in [-0.4, -0.2) is 72.9 Å². The molecule has 1 saturated heterocycles. The van der Waals surface area contributed by atoms with Crippen molar-refractivity contribution in [1.82, 2.24) is 20.0 Å². The summed E-state index contributed by atoms with van der Waals surface area (Å²) in [6.45, 7) is 10.5. The summed E-state index contributed by atoms with van der Waals surface area (Å²) in [5.41, 5.74) is 2.51. The third kappa shape index (κ3) is 5.86. The summed E-state index contributed by atoms with van der Waals surface area (Å²) in [4.78, 5) is 23.7. The molecule has 30 heavy (non-hydrogen) atoms. The first-order chi connectivity index (χ1) is 14.6. The molecule has 1 aliphatic heterocycles. The van der Waals surface area contributed by atoms with Gasteiger partial charge in [0.25, 0.3) is 5.91 Å². The Labute approximate surface area is 179 Å². The van der Waals surface area contributed by atoms with Crippen molar-refractivity contribution in [2.45, 2.75) is 26.9 Å². The number of furan rings is 1. The number of rotatable bonds is 7. The highest BCUT2D eigenvalue weighted by atomic mass is 16.3. The van der Waals surface area contributed by atoms with E-state index >= 15 is 0 Å². The van der Waals surface area contributed by atoms with Gasteiger partial charge in [-0.1, -0.05) is 31.2 Å². The van der Waals surface area contributed by atoms with Gasteiger partial charge in [-0.3, -0.25) is 4.79 Å². The minimum absolute atomic E-state index is 0.0459. The largest absolute Gasteiger partial charge is 0.459 e. The number of hydrogen-bond acceptors (Lipinski definition) is 4. The van der Waals surface area contributed by atoms with Crippen LogP contribution in [0.25, 0.3) is 0 Å². The Morgan fingerprint density at radius 3 is 2.50 bits per heavy atom. The zero-order valence-corrected chi connectivity index (χ0v) is 18.3. The molecule has 1 N–H and O–H groups in total. The van der Waals surface area contributed by atoms with Crippen LogP contribution in [0, 0.1) is 0 Å². The van der Waals surface area contributed by atoms with Gasteiger partial charge in [-0.25, -0.2) is 4.99 Å². The lowest BCUT2D eigenvalue weighted by Gasteiger charge is -2.36. The minimum atomic E-state index is -0.0459. The highest BCUT2D eigenvalue weighted by molar-refractivity contribution is 5.91. The summed E-state index contributed by atoms with van der Waals surface area (Å²) < 4.78 is 5.25. The zero-order valence-electron chi connectivity index (χ0n) is 18.3. The van der Waals surface area contributed by atoms with Crippen molar-refractivity contribution in [3.63, 3.8) is 0 Å². The molecule has 0 atom stereocenters. The van der Waals surface area contributed by atoms with Crippen molar-refractivity contribution in [3.8, 4) is 0 Å². The van der Waals surface area contributed by atoms with Crippen molar-refractivity contribution in [1.29, 1.82) is 0 Å². The molecule has 7 heteroatoms. The number of amides is 1. The summed E-state index contributed by atoms with van der Waals surface area (Å²) in [6, 6.07) is 12.1. The summed E-state index contributed by atoms with van der Waals surface area (Å²) in [6.07, 6.45) is 1.54. The van der Waals surface area contributed by atoms with Crippen LogP contribution in [0.15, 0.2) is 52.1 Å². The van der Waals surface area contributed by atoms with Gasteiger partial charge in [0.1, 0.15) is 0 Å². The molecule has 7 nitrogen and oxygen atoms in total. The first-order valence-electron chi connectivity index (χ1n) is 10.7. The predicted molar refractivity (Wildman–Crippen MR) is 119 cm³/mol. The molecule has 0 bridgehead atoms. The van der Waals surface area contributed by atoms with E-state index in [2.05, 4.69) is 60.3 Å². The van der Waals surface area contributed by atoms with E-state index in [4.69, 9.17) is 9.41 Å². The van der Waals surface area contributed by atoms with Crippen molar-refractivity contribution >= 4 is 11.9 Å². The topological polar surface area (TPSA) is 64.3 Å². The number of benzene rings is 1.